The van der Waals surface area contributed by atoms with E-state index in [1.54, 1.807) is 11.3 Å². The number of pyridine rings is 1. The average molecular weight is 722 g/mol. The van der Waals surface area contributed by atoms with Gasteiger partial charge in [0.1, 0.15) is 0 Å². The van der Waals surface area contributed by atoms with Gasteiger partial charge in [-0.1, -0.05) is 164 Å². The van der Waals surface area contributed by atoms with Crippen molar-refractivity contribution < 1.29 is 0 Å². The summed E-state index contributed by atoms with van der Waals surface area (Å²) in [6, 6.07) is 62.4. The summed E-state index contributed by atoms with van der Waals surface area (Å²) in [5.74, 6) is 1.29. The van der Waals surface area contributed by atoms with E-state index in [9.17, 15) is 0 Å². The Morgan fingerprint density at radius 3 is 1.51 bits per heavy atom. The first kappa shape index (κ1) is 32.5. The van der Waals surface area contributed by atoms with E-state index in [0.717, 1.165) is 77.3 Å². The molecular weight excluding hydrogens is 691 g/mol. The molecule has 6 heteroatoms. The fourth-order valence-corrected chi connectivity index (χ4v) is 8.10. The Hall–Kier alpha value is -7.15. The van der Waals surface area contributed by atoms with Crippen LogP contribution < -0.4 is 0 Å². The van der Waals surface area contributed by atoms with Crippen molar-refractivity contribution in [1.29, 1.82) is 0 Å². The van der Waals surface area contributed by atoms with E-state index < -0.39 is 0 Å². The smallest absolute Gasteiger partial charge is 0.160 e. The summed E-state index contributed by atoms with van der Waals surface area (Å²) in [7, 11) is 0. The molecule has 4 aromatic heterocycles. The number of hydrogen-bond donors (Lipinski definition) is 0. The predicted molar refractivity (Wildman–Crippen MR) is 226 cm³/mol. The van der Waals surface area contributed by atoms with E-state index in [1.807, 2.05) is 48.7 Å². The number of thiophene rings is 1. The molecule has 0 atom stereocenters. The predicted octanol–water partition coefficient (Wildman–Crippen LogP) is 12.7. The third-order valence-electron chi connectivity index (χ3n) is 9.82. The molecule has 0 aliphatic heterocycles. The van der Waals surface area contributed by atoms with Crippen molar-refractivity contribution in [3.05, 3.63) is 188 Å². The maximum atomic E-state index is 5.16. The molecule has 0 aliphatic rings. The van der Waals surface area contributed by atoms with Gasteiger partial charge < -0.3 is 0 Å². The Morgan fingerprint density at radius 1 is 0.345 bits per heavy atom. The normalized spacial score (nSPS) is 11.3. The Kier molecular flexibility index (Phi) is 8.28. The van der Waals surface area contributed by atoms with Gasteiger partial charge in [0, 0.05) is 44.1 Å². The van der Waals surface area contributed by atoms with Gasteiger partial charge in [-0.05, 0) is 34.9 Å². The van der Waals surface area contributed by atoms with Crippen LogP contribution in [0.15, 0.2) is 188 Å². The molecule has 0 spiro atoms. The Balaban J connectivity index is 1.06. The molecular formula is C49H31N5S. The summed E-state index contributed by atoms with van der Waals surface area (Å²) in [6.07, 6.45) is 1.91. The highest BCUT2D eigenvalue weighted by Gasteiger charge is 2.17. The highest BCUT2D eigenvalue weighted by Crippen LogP contribution is 2.39. The van der Waals surface area contributed by atoms with Gasteiger partial charge in [-0.15, -0.1) is 11.3 Å². The van der Waals surface area contributed by atoms with Crippen LogP contribution in [0.3, 0.4) is 0 Å². The minimum atomic E-state index is 0.616. The van der Waals surface area contributed by atoms with Gasteiger partial charge in [-0.2, -0.15) is 0 Å². The van der Waals surface area contributed by atoms with Gasteiger partial charge in [0.15, 0.2) is 11.6 Å². The minimum absolute atomic E-state index is 0.616. The molecule has 0 radical (unpaired) electrons. The molecule has 258 valence electrons. The lowest BCUT2D eigenvalue weighted by Crippen LogP contribution is -1.98. The van der Waals surface area contributed by atoms with Crippen molar-refractivity contribution in [1.82, 2.24) is 24.9 Å². The van der Waals surface area contributed by atoms with Crippen molar-refractivity contribution in [2.45, 2.75) is 0 Å². The van der Waals surface area contributed by atoms with Crippen LogP contribution in [0.5, 0.6) is 0 Å². The molecule has 0 saturated heterocycles. The number of fused-ring (bicyclic) bond motifs is 3. The molecule has 0 saturated carbocycles. The van der Waals surface area contributed by atoms with Crippen molar-refractivity contribution >= 4 is 31.6 Å². The molecule has 0 bridgehead atoms. The monoisotopic (exact) mass is 721 g/mol. The fraction of sp³-hybridized carbons (Fsp3) is 0. The van der Waals surface area contributed by atoms with Gasteiger partial charge in [0.05, 0.1) is 33.0 Å². The lowest BCUT2D eigenvalue weighted by Gasteiger charge is -2.11. The second-order valence-corrected chi connectivity index (χ2v) is 14.4. The van der Waals surface area contributed by atoms with Gasteiger partial charge in [0.25, 0.3) is 0 Å². The zero-order chi connectivity index (χ0) is 36.6. The van der Waals surface area contributed by atoms with Gasteiger partial charge >= 0.3 is 0 Å². The zero-order valence-electron chi connectivity index (χ0n) is 29.5. The van der Waals surface area contributed by atoms with Crippen LogP contribution in [-0.2, 0) is 0 Å². The van der Waals surface area contributed by atoms with Crippen LogP contribution in [0.4, 0.5) is 0 Å². The fourth-order valence-electron chi connectivity index (χ4n) is 6.95. The summed E-state index contributed by atoms with van der Waals surface area (Å²) >= 11 is 1.74. The van der Waals surface area contributed by atoms with E-state index >= 15 is 0 Å². The van der Waals surface area contributed by atoms with E-state index in [4.69, 9.17) is 24.9 Å². The lowest BCUT2D eigenvalue weighted by molar-refractivity contribution is 1.16. The second kappa shape index (κ2) is 14.0. The number of benzene rings is 6. The first-order valence-electron chi connectivity index (χ1n) is 18.2. The summed E-state index contributed by atoms with van der Waals surface area (Å²) in [6.45, 7) is 0. The first-order valence-corrected chi connectivity index (χ1v) is 19.0. The van der Waals surface area contributed by atoms with Crippen LogP contribution in [0.25, 0.3) is 99.2 Å². The second-order valence-electron chi connectivity index (χ2n) is 13.3. The molecule has 6 aromatic carbocycles. The molecule has 0 aliphatic carbocycles. The van der Waals surface area contributed by atoms with Crippen LogP contribution >= 0.6 is 11.3 Å². The molecule has 0 fully saturated rings. The maximum absolute atomic E-state index is 5.16. The van der Waals surface area contributed by atoms with Gasteiger partial charge in [-0.25, -0.2) is 19.9 Å². The standard InChI is InChI=1S/C49H31N5S/c1-4-12-32(13-5-1)34-20-22-35(23-21-34)42-30-43(41-29-28-39(31-50-41)33-14-6-2-7-15-33)52-48(51-42)37-24-26-38(27-25-37)49-53-45(36-16-8-3-9-17-36)47-46(54-49)40-18-10-11-19-44(40)55-47/h1-31H. The van der Waals surface area contributed by atoms with E-state index in [2.05, 4.69) is 140 Å². The van der Waals surface area contributed by atoms with Crippen LogP contribution in [0, 0.1) is 0 Å². The molecule has 10 rings (SSSR count). The summed E-state index contributed by atoms with van der Waals surface area (Å²) in [5, 5.41) is 1.14. The number of rotatable bonds is 7. The zero-order valence-corrected chi connectivity index (χ0v) is 30.4. The largest absolute Gasteiger partial charge is 0.254 e. The minimum Gasteiger partial charge on any atom is -0.254 e. The van der Waals surface area contributed by atoms with E-state index in [0.29, 0.717) is 11.6 Å². The van der Waals surface area contributed by atoms with E-state index in [-0.39, 0.29) is 0 Å². The van der Waals surface area contributed by atoms with Gasteiger partial charge in [0.2, 0.25) is 0 Å². The highest BCUT2D eigenvalue weighted by atomic mass is 32.1. The molecule has 0 amide bonds. The Morgan fingerprint density at radius 2 is 0.855 bits per heavy atom. The molecule has 55 heavy (non-hydrogen) atoms. The molecule has 0 unspecified atom stereocenters. The summed E-state index contributed by atoms with van der Waals surface area (Å²) in [4.78, 5) is 25.4. The highest BCUT2D eigenvalue weighted by molar-refractivity contribution is 7.26. The quantitative estimate of drug-likeness (QED) is 0.164. The maximum Gasteiger partial charge on any atom is 0.160 e. The average Bonchev–Trinajstić information content (AvgIpc) is 3.66. The van der Waals surface area contributed by atoms with Crippen LogP contribution in [-0.4, -0.2) is 24.9 Å². The molecule has 5 nitrogen and oxygen atoms in total. The summed E-state index contributed by atoms with van der Waals surface area (Å²) in [5.41, 5.74) is 12.6. The first-order chi connectivity index (χ1) is 27.2. The van der Waals surface area contributed by atoms with Gasteiger partial charge in [-0.3, -0.25) is 4.98 Å². The topological polar surface area (TPSA) is 64.5 Å². The van der Waals surface area contributed by atoms with Crippen molar-refractivity contribution in [2.75, 3.05) is 0 Å². The Bertz CT molecular complexity index is 2830. The number of hydrogen-bond acceptors (Lipinski definition) is 6. The molecule has 0 N–H and O–H groups in total. The van der Waals surface area contributed by atoms with E-state index in [1.165, 1.54) is 10.3 Å². The molecule has 4 heterocycles. The van der Waals surface area contributed by atoms with Crippen molar-refractivity contribution in [3.8, 4) is 78.9 Å². The van der Waals surface area contributed by atoms with Crippen molar-refractivity contribution in [3.63, 3.8) is 0 Å². The third kappa shape index (κ3) is 6.35. The van der Waals surface area contributed by atoms with Crippen LogP contribution in [0.2, 0.25) is 0 Å². The summed E-state index contributed by atoms with van der Waals surface area (Å²) < 4.78 is 2.29. The number of nitrogens with zero attached hydrogens (tertiary/aromatic N) is 5. The number of aromatic nitrogens is 5. The van der Waals surface area contributed by atoms with Crippen LogP contribution in [0.1, 0.15) is 0 Å². The van der Waals surface area contributed by atoms with Crippen molar-refractivity contribution in [2.24, 2.45) is 0 Å². The SMILES string of the molecule is c1ccc(-c2ccc(-c3cc(-c4ccc(-c5ccccc5)cn4)nc(-c4ccc(-c5nc(-c6ccccc6)c6sc7ccccc7c6n5)cc4)n3)cc2)cc1. The molecule has 10 aromatic rings. The third-order valence-corrected chi connectivity index (χ3v) is 11.0. The Labute approximate surface area is 322 Å². The lowest BCUT2D eigenvalue weighted by atomic mass is 10.0.